The lowest BCUT2D eigenvalue weighted by atomic mass is 9.49. The summed E-state index contributed by atoms with van der Waals surface area (Å²) in [6.07, 6.45) is 11.8. The van der Waals surface area contributed by atoms with Gasteiger partial charge in [0, 0.05) is 52.0 Å². The van der Waals surface area contributed by atoms with Crippen LogP contribution in [-0.4, -0.2) is 59.4 Å². The Bertz CT molecular complexity index is 2330. The van der Waals surface area contributed by atoms with Gasteiger partial charge in [0.2, 0.25) is 0 Å². The fourth-order valence-corrected chi connectivity index (χ4v) is 10.1. The number of allylic oxidation sites excluding steroid dienone is 4. The number of carbonyl (C=O) groups is 3. The third-order valence-electron chi connectivity index (χ3n) is 13.5. The van der Waals surface area contributed by atoms with Crippen LogP contribution in [0.3, 0.4) is 0 Å². The maximum Gasteiger partial charge on any atom is 0.333 e. The number of carbonyl (C=O) groups excluding carboxylic acids is 3. The molecule has 7 unspecified atom stereocenters. The zero-order valence-electron chi connectivity index (χ0n) is 36.7. The van der Waals surface area contributed by atoms with E-state index in [0.29, 0.717) is 51.8 Å². The topological polar surface area (TPSA) is 121 Å². The standard InChI is InChI=1S/C50H59NO8/c1-26(2)16-15-23-48(10)24-22-35-43(58-48)34(20-19-27(3)4)45-38(44(35)56-11)41-39-36(37-40(51-41)32-17-13-14-18-33(32)42(37)52)30(8)46(53)49(55,25-21-29(7)47(54)57-12)50(39,59-45)31(9)28(5)6/h13-14,16-19,21-22,24,28,30-31,36-37,55H,15,20,23,25H2,1-12H3/b29-21-. The van der Waals surface area contributed by atoms with Crippen molar-refractivity contribution in [1.82, 2.24) is 0 Å². The molecule has 1 fully saturated rings. The molecule has 0 bridgehead atoms. The van der Waals surface area contributed by atoms with Crippen LogP contribution in [0.2, 0.25) is 0 Å². The van der Waals surface area contributed by atoms with Crippen molar-refractivity contribution in [3.63, 3.8) is 0 Å². The molecule has 9 nitrogen and oxygen atoms in total. The third kappa shape index (κ3) is 6.37. The number of esters is 1. The molecule has 2 aliphatic carbocycles. The normalized spacial score (nSPS) is 27.9. The van der Waals surface area contributed by atoms with Crippen LogP contribution in [0.4, 0.5) is 0 Å². The van der Waals surface area contributed by atoms with Gasteiger partial charge in [-0.1, -0.05) is 81.3 Å². The minimum atomic E-state index is -2.21. The van der Waals surface area contributed by atoms with E-state index in [1.807, 2.05) is 58.9 Å². The first-order chi connectivity index (χ1) is 27.9. The largest absolute Gasteiger partial charge is 0.495 e. The zero-order chi connectivity index (χ0) is 42.9. The summed E-state index contributed by atoms with van der Waals surface area (Å²) in [6, 6.07) is 7.49. The molecular formula is C50H59NO8. The SMILES string of the molecule is COC(=O)/C(C)=C\CC1(O)C(=O)C(C)C2C3=C(N=C4c5ccccc5C(=O)C42)c2c(OC)c4c(c(CC=C(C)C)c2OC31C(C)C(C)C)OC(C)(CCC=C(C)C)C=C4. The highest BCUT2D eigenvalue weighted by molar-refractivity contribution is 6.30. The van der Waals surface area contributed by atoms with Gasteiger partial charge >= 0.3 is 5.97 Å². The first kappa shape index (κ1) is 42.1. The number of fused-ring (bicyclic) bond motifs is 7. The van der Waals surface area contributed by atoms with Gasteiger partial charge in [-0.2, -0.15) is 0 Å². The Morgan fingerprint density at radius 2 is 1.64 bits per heavy atom. The van der Waals surface area contributed by atoms with Gasteiger partial charge < -0.3 is 24.1 Å². The van der Waals surface area contributed by atoms with Crippen LogP contribution in [0.15, 0.2) is 75.9 Å². The molecule has 2 aromatic carbocycles. The average Bonchev–Trinajstić information content (AvgIpc) is 3.48. The van der Waals surface area contributed by atoms with E-state index < -0.39 is 52.2 Å². The van der Waals surface area contributed by atoms with E-state index in [0.717, 1.165) is 35.1 Å². The average molecular weight is 802 g/mol. The number of methoxy groups -OCH3 is 2. The summed E-state index contributed by atoms with van der Waals surface area (Å²) in [5.41, 5.74) is 3.09. The van der Waals surface area contributed by atoms with Crippen molar-refractivity contribution < 1.29 is 38.4 Å². The summed E-state index contributed by atoms with van der Waals surface area (Å²) >= 11 is 0. The van der Waals surface area contributed by atoms with Gasteiger partial charge in [-0.05, 0) is 78.9 Å². The molecule has 0 aromatic heterocycles. The van der Waals surface area contributed by atoms with Crippen LogP contribution in [0.1, 0.15) is 121 Å². The van der Waals surface area contributed by atoms with E-state index in [4.69, 9.17) is 23.9 Å². The van der Waals surface area contributed by atoms with Crippen LogP contribution >= 0.6 is 0 Å². The smallest absolute Gasteiger partial charge is 0.333 e. The number of hydrogen-bond acceptors (Lipinski definition) is 9. The lowest BCUT2D eigenvalue weighted by Gasteiger charge is -2.61. The minimum Gasteiger partial charge on any atom is -0.495 e. The Morgan fingerprint density at radius 1 is 0.966 bits per heavy atom. The first-order valence-electron chi connectivity index (χ1n) is 21.0. The van der Waals surface area contributed by atoms with Crippen LogP contribution in [0.5, 0.6) is 17.2 Å². The monoisotopic (exact) mass is 801 g/mol. The highest BCUT2D eigenvalue weighted by Gasteiger charge is 2.73. The number of ether oxygens (including phenoxy) is 4. The molecule has 7 atom stereocenters. The van der Waals surface area contributed by atoms with Gasteiger partial charge in [0.1, 0.15) is 22.8 Å². The maximum atomic E-state index is 15.4. The van der Waals surface area contributed by atoms with Crippen molar-refractivity contribution in [2.24, 2.45) is 34.6 Å². The lowest BCUT2D eigenvalue weighted by Crippen LogP contribution is -2.74. The van der Waals surface area contributed by atoms with Crippen molar-refractivity contribution in [1.29, 1.82) is 0 Å². The number of aliphatic hydroxyl groups is 1. The second-order valence-electron chi connectivity index (χ2n) is 18.2. The van der Waals surface area contributed by atoms with Gasteiger partial charge in [0.15, 0.2) is 22.8 Å². The Morgan fingerprint density at radius 3 is 2.27 bits per heavy atom. The van der Waals surface area contributed by atoms with Crippen LogP contribution in [0, 0.1) is 29.6 Å². The summed E-state index contributed by atoms with van der Waals surface area (Å²) in [5, 5.41) is 13.6. The second-order valence-corrected chi connectivity index (χ2v) is 18.2. The summed E-state index contributed by atoms with van der Waals surface area (Å²) in [7, 11) is 2.92. The van der Waals surface area contributed by atoms with Crippen molar-refractivity contribution in [2.75, 3.05) is 14.2 Å². The Hall–Kier alpha value is -5.02. The van der Waals surface area contributed by atoms with E-state index in [9.17, 15) is 14.7 Å². The molecule has 3 aliphatic heterocycles. The van der Waals surface area contributed by atoms with Crippen LogP contribution < -0.4 is 14.2 Å². The third-order valence-corrected chi connectivity index (χ3v) is 13.5. The molecule has 0 amide bonds. The number of benzene rings is 2. The Labute approximate surface area is 349 Å². The number of ketones is 2. The molecule has 7 rings (SSSR count). The highest BCUT2D eigenvalue weighted by atomic mass is 16.5. The molecule has 1 saturated carbocycles. The molecule has 9 heteroatoms. The number of aliphatic imine (C=N–C) groups is 1. The predicted molar refractivity (Wildman–Crippen MR) is 231 cm³/mol. The number of Topliss-reactive ketones (excluding diaryl/α,β-unsaturated/α-hetero) is 2. The van der Waals surface area contributed by atoms with E-state index in [2.05, 4.69) is 45.1 Å². The molecule has 0 saturated heterocycles. The number of hydrogen-bond donors (Lipinski definition) is 1. The van der Waals surface area contributed by atoms with Crippen LogP contribution in [0.25, 0.3) is 11.8 Å². The van der Waals surface area contributed by atoms with Crippen molar-refractivity contribution in [2.45, 2.75) is 112 Å². The van der Waals surface area contributed by atoms with Gasteiger partial charge in [-0.25, -0.2) is 4.79 Å². The van der Waals surface area contributed by atoms with Gasteiger partial charge in [0.25, 0.3) is 0 Å². The fraction of sp³-hybridized carbons (Fsp3) is 0.480. The van der Waals surface area contributed by atoms with Crippen molar-refractivity contribution >= 4 is 35.0 Å². The molecular weight excluding hydrogens is 743 g/mol. The summed E-state index contributed by atoms with van der Waals surface area (Å²) in [6.45, 7) is 19.8. The molecule has 3 heterocycles. The van der Waals surface area contributed by atoms with Crippen LogP contribution in [-0.2, 0) is 20.7 Å². The molecule has 59 heavy (non-hydrogen) atoms. The molecule has 0 radical (unpaired) electrons. The molecule has 312 valence electrons. The Kier molecular flexibility index (Phi) is 10.9. The molecule has 1 N–H and O–H groups in total. The quantitative estimate of drug-likeness (QED) is 0.136. The first-order valence-corrected chi connectivity index (χ1v) is 21.0. The molecule has 5 aliphatic rings. The summed E-state index contributed by atoms with van der Waals surface area (Å²) < 4.78 is 26.2. The van der Waals surface area contributed by atoms with Crippen molar-refractivity contribution in [3.8, 4) is 17.2 Å². The summed E-state index contributed by atoms with van der Waals surface area (Å²) in [5.74, 6) is -2.56. The van der Waals surface area contributed by atoms with Crippen molar-refractivity contribution in [3.05, 3.63) is 98.7 Å². The van der Waals surface area contributed by atoms with E-state index in [-0.39, 0.29) is 23.7 Å². The van der Waals surface area contributed by atoms with Gasteiger partial charge in [-0.3, -0.25) is 14.6 Å². The molecule has 2 aromatic rings. The maximum absolute atomic E-state index is 15.4. The zero-order valence-corrected chi connectivity index (χ0v) is 36.7. The van der Waals surface area contributed by atoms with E-state index in [1.54, 1.807) is 27.0 Å². The number of rotatable bonds is 11. The number of nitrogens with zero attached hydrogens (tertiary/aromatic N) is 1. The lowest BCUT2D eigenvalue weighted by molar-refractivity contribution is -0.189. The second kappa shape index (κ2) is 15.2. The molecule has 0 spiro atoms. The minimum absolute atomic E-state index is 0.107. The highest BCUT2D eigenvalue weighted by Crippen LogP contribution is 2.66. The van der Waals surface area contributed by atoms with E-state index >= 15 is 4.79 Å². The Balaban J connectivity index is 1.63. The van der Waals surface area contributed by atoms with Gasteiger partial charge in [-0.15, -0.1) is 0 Å². The fourth-order valence-electron chi connectivity index (χ4n) is 10.1. The predicted octanol–water partition coefficient (Wildman–Crippen LogP) is 9.64. The van der Waals surface area contributed by atoms with Gasteiger partial charge in [0.05, 0.1) is 42.7 Å². The van der Waals surface area contributed by atoms with E-state index in [1.165, 1.54) is 12.7 Å². The summed E-state index contributed by atoms with van der Waals surface area (Å²) in [4.78, 5) is 48.4.